The second-order valence-electron chi connectivity index (χ2n) is 8.21. The van der Waals surface area contributed by atoms with Crippen molar-refractivity contribution in [2.75, 3.05) is 17.3 Å². The summed E-state index contributed by atoms with van der Waals surface area (Å²) < 4.78 is 5.47. The lowest BCUT2D eigenvalue weighted by Crippen LogP contribution is -2.32. The molecule has 0 aliphatic carbocycles. The van der Waals surface area contributed by atoms with E-state index in [2.05, 4.69) is 5.32 Å². The molecule has 4 rings (SSSR count). The Morgan fingerprint density at radius 2 is 1.64 bits per heavy atom. The van der Waals surface area contributed by atoms with Crippen LogP contribution in [0.2, 0.25) is 5.02 Å². The van der Waals surface area contributed by atoms with Gasteiger partial charge < -0.3 is 10.1 Å². The average molecular weight is 461 g/mol. The Labute approximate surface area is 198 Å². The summed E-state index contributed by atoms with van der Waals surface area (Å²) >= 11 is 6.30. The Morgan fingerprint density at radius 3 is 2.33 bits per heavy atom. The molecule has 0 atom stereocenters. The van der Waals surface area contributed by atoms with Crippen LogP contribution >= 0.6 is 11.6 Å². The number of carbonyl (C=O) groups excluding carboxylic acids is 2. The summed E-state index contributed by atoms with van der Waals surface area (Å²) in [6, 6.07) is 16.6. The van der Waals surface area contributed by atoms with Crippen molar-refractivity contribution in [2.45, 2.75) is 27.7 Å². The fourth-order valence-corrected chi connectivity index (χ4v) is 4.06. The van der Waals surface area contributed by atoms with Crippen molar-refractivity contribution >= 4 is 40.4 Å². The normalized spacial score (nSPS) is 13.7. The third-order valence-electron chi connectivity index (χ3n) is 5.98. The van der Waals surface area contributed by atoms with Gasteiger partial charge in [-0.25, -0.2) is 4.90 Å². The highest BCUT2D eigenvalue weighted by atomic mass is 35.5. The van der Waals surface area contributed by atoms with Gasteiger partial charge in [-0.15, -0.1) is 0 Å². The summed E-state index contributed by atoms with van der Waals surface area (Å²) in [6.45, 7) is 7.76. The van der Waals surface area contributed by atoms with E-state index in [4.69, 9.17) is 16.3 Å². The summed E-state index contributed by atoms with van der Waals surface area (Å²) in [7, 11) is 1.52. The largest absolute Gasteiger partial charge is 0.495 e. The number of hydrogen-bond acceptors (Lipinski definition) is 4. The molecule has 2 amide bonds. The average Bonchev–Trinajstić information content (AvgIpc) is 3.02. The molecule has 0 bridgehead atoms. The summed E-state index contributed by atoms with van der Waals surface area (Å²) in [5.41, 5.74) is 6.10. The molecule has 168 valence electrons. The lowest BCUT2D eigenvalue weighted by Gasteiger charge is -2.19. The maximum absolute atomic E-state index is 13.8. The summed E-state index contributed by atoms with van der Waals surface area (Å²) in [5.74, 6) is -0.409. The van der Waals surface area contributed by atoms with E-state index in [1.54, 1.807) is 24.3 Å². The molecule has 5 nitrogen and oxygen atoms in total. The molecule has 1 N–H and O–H groups in total. The van der Waals surface area contributed by atoms with Crippen molar-refractivity contribution in [3.05, 3.63) is 93.1 Å². The highest BCUT2D eigenvalue weighted by molar-refractivity contribution is 6.46. The second-order valence-corrected chi connectivity index (χ2v) is 8.61. The number of aryl methyl sites for hydroxylation is 3. The first-order valence-electron chi connectivity index (χ1n) is 10.6. The van der Waals surface area contributed by atoms with Gasteiger partial charge in [-0.1, -0.05) is 41.9 Å². The molecular weight excluding hydrogens is 436 g/mol. The minimum Gasteiger partial charge on any atom is -0.495 e. The van der Waals surface area contributed by atoms with Crippen LogP contribution in [0.3, 0.4) is 0 Å². The molecule has 0 saturated carbocycles. The second kappa shape index (κ2) is 8.75. The quantitative estimate of drug-likeness (QED) is 0.476. The van der Waals surface area contributed by atoms with Gasteiger partial charge in [-0.2, -0.15) is 0 Å². The standard InChI is InChI=1S/C27H25ClN2O3/c1-15-9-12-23(33-5)22(13-15)30-26(31)24(19-11-10-16(2)17(3)14-19)25(27(30)32)29-21-8-6-7-20(28)18(21)4/h6-14,29H,1-5H3. The molecule has 3 aromatic carbocycles. The SMILES string of the molecule is COc1ccc(C)cc1N1C(=O)C(Nc2cccc(Cl)c2C)=C(c2ccc(C)c(C)c2)C1=O. The number of ether oxygens (including phenoxy) is 1. The van der Waals surface area contributed by atoms with E-state index in [0.29, 0.717) is 33.3 Å². The summed E-state index contributed by atoms with van der Waals surface area (Å²) in [5, 5.41) is 3.78. The van der Waals surface area contributed by atoms with Crippen LogP contribution in [0.1, 0.15) is 27.8 Å². The van der Waals surface area contributed by atoms with Crippen molar-refractivity contribution in [3.63, 3.8) is 0 Å². The smallest absolute Gasteiger partial charge is 0.282 e. The lowest BCUT2D eigenvalue weighted by atomic mass is 9.99. The zero-order chi connectivity index (χ0) is 23.9. The number of rotatable bonds is 5. The van der Waals surface area contributed by atoms with Crippen LogP contribution in [0.15, 0.2) is 60.3 Å². The van der Waals surface area contributed by atoms with E-state index in [-0.39, 0.29) is 5.70 Å². The van der Waals surface area contributed by atoms with E-state index in [1.807, 2.05) is 58.0 Å². The minimum absolute atomic E-state index is 0.206. The summed E-state index contributed by atoms with van der Waals surface area (Å²) in [4.78, 5) is 28.7. The topological polar surface area (TPSA) is 58.6 Å². The van der Waals surface area contributed by atoms with Gasteiger partial charge in [0, 0.05) is 10.7 Å². The number of nitrogens with one attached hydrogen (secondary N) is 1. The van der Waals surface area contributed by atoms with Crippen molar-refractivity contribution in [3.8, 4) is 5.75 Å². The maximum atomic E-state index is 13.8. The molecule has 33 heavy (non-hydrogen) atoms. The molecule has 0 unspecified atom stereocenters. The van der Waals surface area contributed by atoms with E-state index >= 15 is 0 Å². The first-order valence-corrected chi connectivity index (χ1v) is 11.0. The lowest BCUT2D eigenvalue weighted by molar-refractivity contribution is -0.120. The number of carbonyl (C=O) groups is 2. The van der Waals surface area contributed by atoms with Crippen LogP contribution in [0.4, 0.5) is 11.4 Å². The molecular formula is C27H25ClN2O3. The molecule has 0 fully saturated rings. The van der Waals surface area contributed by atoms with Gasteiger partial charge in [-0.3, -0.25) is 9.59 Å². The van der Waals surface area contributed by atoms with Gasteiger partial charge in [-0.05, 0) is 79.8 Å². The van der Waals surface area contributed by atoms with Crippen LogP contribution in [-0.4, -0.2) is 18.9 Å². The molecule has 1 aliphatic heterocycles. The fraction of sp³-hybridized carbons (Fsp3) is 0.185. The molecule has 3 aromatic rings. The number of anilines is 2. The van der Waals surface area contributed by atoms with Gasteiger partial charge in [0.1, 0.15) is 11.4 Å². The zero-order valence-electron chi connectivity index (χ0n) is 19.2. The number of methoxy groups -OCH3 is 1. The van der Waals surface area contributed by atoms with Gasteiger partial charge in [0.15, 0.2) is 0 Å². The maximum Gasteiger partial charge on any atom is 0.282 e. The Hall–Kier alpha value is -3.57. The monoisotopic (exact) mass is 460 g/mol. The minimum atomic E-state index is -0.448. The summed E-state index contributed by atoms with van der Waals surface area (Å²) in [6.07, 6.45) is 0. The highest BCUT2D eigenvalue weighted by Crippen LogP contribution is 2.39. The van der Waals surface area contributed by atoms with E-state index < -0.39 is 11.8 Å². The van der Waals surface area contributed by atoms with E-state index in [9.17, 15) is 9.59 Å². The van der Waals surface area contributed by atoms with Gasteiger partial charge in [0.25, 0.3) is 11.8 Å². The Morgan fingerprint density at radius 1 is 0.879 bits per heavy atom. The van der Waals surface area contributed by atoms with Crippen LogP contribution in [0.25, 0.3) is 5.57 Å². The predicted molar refractivity (Wildman–Crippen MR) is 133 cm³/mol. The van der Waals surface area contributed by atoms with Crippen molar-refractivity contribution in [2.24, 2.45) is 0 Å². The molecule has 1 aliphatic rings. The van der Waals surface area contributed by atoms with Crippen LogP contribution in [0, 0.1) is 27.7 Å². The fourth-order valence-electron chi connectivity index (χ4n) is 3.88. The van der Waals surface area contributed by atoms with Crippen molar-refractivity contribution in [1.29, 1.82) is 0 Å². The third kappa shape index (κ3) is 4.00. The van der Waals surface area contributed by atoms with E-state index in [0.717, 1.165) is 22.3 Å². The molecule has 0 radical (unpaired) electrons. The predicted octanol–water partition coefficient (Wildman–Crippen LogP) is 5.98. The molecule has 6 heteroatoms. The number of imide groups is 1. The highest BCUT2D eigenvalue weighted by Gasteiger charge is 2.41. The number of hydrogen-bond donors (Lipinski definition) is 1. The Bertz CT molecular complexity index is 1330. The van der Waals surface area contributed by atoms with Gasteiger partial charge in [0.05, 0.1) is 18.4 Å². The number of halogens is 1. The molecule has 0 aromatic heterocycles. The van der Waals surface area contributed by atoms with Crippen LogP contribution in [0.5, 0.6) is 5.75 Å². The molecule has 1 heterocycles. The van der Waals surface area contributed by atoms with Crippen LogP contribution < -0.4 is 15.0 Å². The number of amides is 2. The first kappa shape index (κ1) is 22.6. The molecule has 0 spiro atoms. The van der Waals surface area contributed by atoms with Crippen molar-refractivity contribution in [1.82, 2.24) is 0 Å². The Balaban J connectivity index is 1.91. The number of nitrogens with zero attached hydrogens (tertiary/aromatic N) is 1. The number of benzene rings is 3. The van der Waals surface area contributed by atoms with E-state index in [1.165, 1.54) is 12.0 Å². The van der Waals surface area contributed by atoms with Crippen LogP contribution in [-0.2, 0) is 9.59 Å². The molecule has 0 saturated heterocycles. The zero-order valence-corrected chi connectivity index (χ0v) is 20.0. The Kier molecular flexibility index (Phi) is 6.00. The third-order valence-corrected chi connectivity index (χ3v) is 6.39. The van der Waals surface area contributed by atoms with Crippen molar-refractivity contribution < 1.29 is 14.3 Å². The van der Waals surface area contributed by atoms with Gasteiger partial charge in [0.2, 0.25) is 0 Å². The first-order chi connectivity index (χ1) is 15.7. The van der Waals surface area contributed by atoms with Gasteiger partial charge >= 0.3 is 0 Å².